The van der Waals surface area contributed by atoms with Crippen molar-refractivity contribution in [3.05, 3.63) is 0 Å². The Morgan fingerprint density at radius 2 is 1.87 bits per heavy atom. The fourth-order valence-corrected chi connectivity index (χ4v) is 4.89. The molecular formula is C18H34N2O2S. The number of hydrogen-bond donors (Lipinski definition) is 2. The number of nitrogens with one attached hydrogen (secondary N) is 1. The molecule has 0 aromatic carbocycles. The van der Waals surface area contributed by atoms with E-state index in [0.717, 1.165) is 50.9 Å². The monoisotopic (exact) mass is 342 g/mol. The molecular weight excluding hydrogens is 308 g/mol. The first kappa shape index (κ1) is 19.1. The summed E-state index contributed by atoms with van der Waals surface area (Å²) in [5.74, 6) is 1.56. The molecule has 2 fully saturated rings. The lowest BCUT2D eigenvalue weighted by molar-refractivity contribution is -0.122. The van der Waals surface area contributed by atoms with E-state index in [0.29, 0.717) is 18.0 Å². The first-order valence-electron chi connectivity index (χ1n) is 9.37. The van der Waals surface area contributed by atoms with E-state index < -0.39 is 0 Å². The lowest BCUT2D eigenvalue weighted by Crippen LogP contribution is -2.53. The number of carbonyl (C=O) groups excluding carboxylic acids is 1. The highest BCUT2D eigenvalue weighted by Gasteiger charge is 2.32. The fraction of sp³-hybridized carbons (Fsp3) is 0.944. The molecule has 0 spiro atoms. The van der Waals surface area contributed by atoms with E-state index in [9.17, 15) is 9.90 Å². The molecule has 1 heterocycles. The number of amides is 1. The third kappa shape index (κ3) is 5.36. The molecule has 0 bridgehead atoms. The van der Waals surface area contributed by atoms with Crippen molar-refractivity contribution in [2.75, 3.05) is 18.8 Å². The van der Waals surface area contributed by atoms with Crippen LogP contribution in [0.15, 0.2) is 0 Å². The zero-order valence-corrected chi connectivity index (χ0v) is 15.8. The number of piperidine rings is 1. The maximum atomic E-state index is 12.5. The molecule has 23 heavy (non-hydrogen) atoms. The van der Waals surface area contributed by atoms with Gasteiger partial charge in [-0.25, -0.2) is 0 Å². The molecule has 2 aliphatic rings. The third-order valence-electron chi connectivity index (χ3n) is 5.25. The van der Waals surface area contributed by atoms with Crippen molar-refractivity contribution in [2.45, 2.75) is 82.7 Å². The predicted octanol–water partition coefficient (Wildman–Crippen LogP) is 2.65. The van der Waals surface area contributed by atoms with Crippen molar-refractivity contribution >= 4 is 17.7 Å². The number of aliphatic hydroxyl groups is 1. The molecule has 1 saturated carbocycles. The number of thioether (sulfide) groups is 1. The van der Waals surface area contributed by atoms with Gasteiger partial charge in [0, 0.05) is 25.2 Å². The van der Waals surface area contributed by atoms with Gasteiger partial charge in [-0.3, -0.25) is 9.69 Å². The average molecular weight is 343 g/mol. The second-order valence-electron chi connectivity index (χ2n) is 7.36. The van der Waals surface area contributed by atoms with Crippen LogP contribution in [0, 0.1) is 5.92 Å². The number of hydrogen-bond acceptors (Lipinski definition) is 4. The summed E-state index contributed by atoms with van der Waals surface area (Å²) in [6.07, 6.45) is 6.35. The van der Waals surface area contributed by atoms with Gasteiger partial charge in [-0.15, -0.1) is 11.8 Å². The van der Waals surface area contributed by atoms with Gasteiger partial charge in [-0.2, -0.15) is 0 Å². The molecule has 1 aliphatic carbocycles. The molecule has 2 rings (SSSR count). The van der Waals surface area contributed by atoms with Gasteiger partial charge in [-0.1, -0.05) is 33.6 Å². The summed E-state index contributed by atoms with van der Waals surface area (Å²) in [6, 6.07) is 0.651. The van der Waals surface area contributed by atoms with Gasteiger partial charge < -0.3 is 10.4 Å². The van der Waals surface area contributed by atoms with Crippen molar-refractivity contribution in [1.82, 2.24) is 10.2 Å². The molecule has 0 radical (unpaired) electrons. The van der Waals surface area contributed by atoms with Crippen LogP contribution < -0.4 is 5.32 Å². The Morgan fingerprint density at radius 3 is 2.43 bits per heavy atom. The molecule has 3 unspecified atom stereocenters. The highest BCUT2D eigenvalue weighted by atomic mass is 32.2. The Hall–Kier alpha value is -0.260. The van der Waals surface area contributed by atoms with Crippen LogP contribution in [-0.2, 0) is 4.79 Å². The Labute approximate surface area is 145 Å². The van der Waals surface area contributed by atoms with Gasteiger partial charge in [0.25, 0.3) is 0 Å². The number of aliphatic hydroxyl groups excluding tert-OH is 1. The topological polar surface area (TPSA) is 52.6 Å². The van der Waals surface area contributed by atoms with Gasteiger partial charge in [0.05, 0.1) is 11.4 Å². The first-order valence-corrected chi connectivity index (χ1v) is 10.4. The van der Waals surface area contributed by atoms with E-state index in [2.05, 4.69) is 31.0 Å². The number of likely N-dealkylation sites (tertiary alicyclic amines) is 1. The van der Waals surface area contributed by atoms with Crippen LogP contribution >= 0.6 is 11.8 Å². The summed E-state index contributed by atoms with van der Waals surface area (Å²) in [7, 11) is 0. The summed E-state index contributed by atoms with van der Waals surface area (Å²) in [4.78, 5) is 14.9. The van der Waals surface area contributed by atoms with Crippen molar-refractivity contribution in [3.63, 3.8) is 0 Å². The SMILES string of the molecule is CCSC(C(=O)NC1CCN(C2CCCCC2O)CC1)C(C)C. The van der Waals surface area contributed by atoms with Crippen LogP contribution in [-0.4, -0.2) is 58.2 Å². The Morgan fingerprint density at radius 1 is 1.22 bits per heavy atom. The summed E-state index contributed by atoms with van der Waals surface area (Å²) >= 11 is 1.75. The zero-order valence-electron chi connectivity index (χ0n) is 15.0. The normalized spacial score (nSPS) is 28.7. The molecule has 0 aromatic heterocycles. The van der Waals surface area contributed by atoms with Crippen LogP contribution in [0.4, 0.5) is 0 Å². The summed E-state index contributed by atoms with van der Waals surface area (Å²) < 4.78 is 0. The molecule has 0 aromatic rings. The second-order valence-corrected chi connectivity index (χ2v) is 8.78. The Balaban J connectivity index is 1.78. The van der Waals surface area contributed by atoms with Gasteiger partial charge in [0.2, 0.25) is 5.91 Å². The molecule has 1 aliphatic heterocycles. The van der Waals surface area contributed by atoms with Crippen LogP contribution in [0.2, 0.25) is 0 Å². The maximum absolute atomic E-state index is 12.5. The molecule has 2 N–H and O–H groups in total. The van der Waals surface area contributed by atoms with Crippen LogP contribution in [0.1, 0.15) is 59.3 Å². The fourth-order valence-electron chi connectivity index (χ4n) is 3.93. The van der Waals surface area contributed by atoms with Gasteiger partial charge in [-0.05, 0) is 37.4 Å². The standard InChI is InChI=1S/C18H34N2O2S/c1-4-23-17(13(2)3)18(22)19-14-9-11-20(12-10-14)15-7-5-6-8-16(15)21/h13-17,21H,4-12H2,1-3H3,(H,19,22). The average Bonchev–Trinajstić information content (AvgIpc) is 2.53. The van der Waals surface area contributed by atoms with Crippen molar-refractivity contribution in [3.8, 4) is 0 Å². The Bertz CT molecular complexity index is 370. The van der Waals surface area contributed by atoms with Gasteiger partial charge in [0.1, 0.15) is 0 Å². The quantitative estimate of drug-likeness (QED) is 0.779. The number of carbonyl (C=O) groups is 1. The Kier molecular flexibility index (Phi) is 7.70. The zero-order chi connectivity index (χ0) is 16.8. The molecule has 1 saturated heterocycles. The minimum absolute atomic E-state index is 0.0678. The van der Waals surface area contributed by atoms with Crippen molar-refractivity contribution < 1.29 is 9.90 Å². The molecule has 134 valence electrons. The molecule has 3 atom stereocenters. The maximum Gasteiger partial charge on any atom is 0.233 e. The van der Waals surface area contributed by atoms with E-state index in [-0.39, 0.29) is 17.3 Å². The van der Waals surface area contributed by atoms with Gasteiger partial charge in [0.15, 0.2) is 0 Å². The van der Waals surface area contributed by atoms with E-state index in [1.165, 1.54) is 6.42 Å². The lowest BCUT2D eigenvalue weighted by atomic mass is 9.89. The van der Waals surface area contributed by atoms with Crippen LogP contribution in [0.3, 0.4) is 0 Å². The largest absolute Gasteiger partial charge is 0.391 e. The summed E-state index contributed by atoms with van der Waals surface area (Å²) in [6.45, 7) is 8.36. The van der Waals surface area contributed by atoms with Gasteiger partial charge >= 0.3 is 0 Å². The highest BCUT2D eigenvalue weighted by molar-refractivity contribution is 8.00. The van der Waals surface area contributed by atoms with E-state index in [1.54, 1.807) is 11.8 Å². The van der Waals surface area contributed by atoms with E-state index in [1.807, 2.05) is 0 Å². The summed E-state index contributed by atoms with van der Waals surface area (Å²) in [5, 5.41) is 13.5. The number of nitrogens with zero attached hydrogens (tertiary/aromatic N) is 1. The van der Waals surface area contributed by atoms with E-state index in [4.69, 9.17) is 0 Å². The highest BCUT2D eigenvalue weighted by Crippen LogP contribution is 2.26. The van der Waals surface area contributed by atoms with Crippen LogP contribution in [0.5, 0.6) is 0 Å². The summed E-state index contributed by atoms with van der Waals surface area (Å²) in [5.41, 5.74) is 0. The van der Waals surface area contributed by atoms with Crippen molar-refractivity contribution in [1.29, 1.82) is 0 Å². The third-order valence-corrected chi connectivity index (χ3v) is 6.70. The van der Waals surface area contributed by atoms with Crippen molar-refractivity contribution in [2.24, 2.45) is 5.92 Å². The van der Waals surface area contributed by atoms with Crippen LogP contribution in [0.25, 0.3) is 0 Å². The smallest absolute Gasteiger partial charge is 0.233 e. The minimum atomic E-state index is -0.152. The first-order chi connectivity index (χ1) is 11.0. The number of rotatable bonds is 6. The van der Waals surface area contributed by atoms with E-state index >= 15 is 0 Å². The second kappa shape index (κ2) is 9.28. The predicted molar refractivity (Wildman–Crippen MR) is 97.8 cm³/mol. The lowest BCUT2D eigenvalue weighted by Gasteiger charge is -2.41. The minimum Gasteiger partial charge on any atom is -0.391 e. The molecule has 4 nitrogen and oxygen atoms in total. The molecule has 1 amide bonds. The molecule has 5 heteroatoms.